The first-order valence-electron chi connectivity index (χ1n) is 7.35. The van der Waals surface area contributed by atoms with E-state index in [0.29, 0.717) is 12.1 Å². The molecule has 0 spiro atoms. The SMILES string of the molecule is CC(C)N1CCC(NCc2cccc(CO)c2)CC1. The van der Waals surface area contributed by atoms with Crippen LogP contribution in [-0.4, -0.2) is 35.2 Å². The van der Waals surface area contributed by atoms with E-state index in [1.807, 2.05) is 12.1 Å². The average molecular weight is 262 g/mol. The molecule has 1 aromatic carbocycles. The summed E-state index contributed by atoms with van der Waals surface area (Å²) in [6, 6.07) is 9.48. The predicted octanol–water partition coefficient (Wildman–Crippen LogP) is 2.14. The second-order valence-corrected chi connectivity index (χ2v) is 5.76. The van der Waals surface area contributed by atoms with E-state index in [0.717, 1.165) is 12.1 Å². The molecule has 0 aliphatic carbocycles. The number of hydrogen-bond acceptors (Lipinski definition) is 3. The lowest BCUT2D eigenvalue weighted by atomic mass is 10.0. The van der Waals surface area contributed by atoms with Gasteiger partial charge in [0.05, 0.1) is 6.61 Å². The quantitative estimate of drug-likeness (QED) is 0.853. The number of rotatable bonds is 5. The van der Waals surface area contributed by atoms with E-state index in [4.69, 9.17) is 5.11 Å². The summed E-state index contributed by atoms with van der Waals surface area (Å²) in [5, 5.41) is 12.8. The molecular weight excluding hydrogens is 236 g/mol. The predicted molar refractivity (Wildman–Crippen MR) is 78.9 cm³/mol. The minimum absolute atomic E-state index is 0.126. The van der Waals surface area contributed by atoms with E-state index in [9.17, 15) is 0 Å². The second kappa shape index (κ2) is 7.04. The van der Waals surface area contributed by atoms with E-state index in [2.05, 4.69) is 36.2 Å². The van der Waals surface area contributed by atoms with E-state index >= 15 is 0 Å². The van der Waals surface area contributed by atoms with Gasteiger partial charge in [0, 0.05) is 18.6 Å². The summed E-state index contributed by atoms with van der Waals surface area (Å²) in [6.45, 7) is 7.97. The Morgan fingerprint density at radius 1 is 1.26 bits per heavy atom. The van der Waals surface area contributed by atoms with Gasteiger partial charge in [0.25, 0.3) is 0 Å². The highest BCUT2D eigenvalue weighted by atomic mass is 16.3. The van der Waals surface area contributed by atoms with Crippen LogP contribution in [0.25, 0.3) is 0 Å². The fraction of sp³-hybridized carbons (Fsp3) is 0.625. The minimum atomic E-state index is 0.126. The van der Waals surface area contributed by atoms with Gasteiger partial charge in [-0.05, 0) is 50.9 Å². The highest BCUT2D eigenvalue weighted by Gasteiger charge is 2.20. The monoisotopic (exact) mass is 262 g/mol. The van der Waals surface area contributed by atoms with Crippen molar-refractivity contribution in [2.75, 3.05) is 13.1 Å². The van der Waals surface area contributed by atoms with Crippen LogP contribution in [0.3, 0.4) is 0 Å². The standard InChI is InChI=1S/C16H26N2O/c1-13(2)18-8-6-16(7-9-18)17-11-14-4-3-5-15(10-14)12-19/h3-5,10,13,16-17,19H,6-9,11-12H2,1-2H3. The highest BCUT2D eigenvalue weighted by Crippen LogP contribution is 2.14. The number of hydrogen-bond donors (Lipinski definition) is 2. The van der Waals surface area contributed by atoms with Crippen molar-refractivity contribution in [3.05, 3.63) is 35.4 Å². The first kappa shape index (κ1) is 14.5. The first-order chi connectivity index (χ1) is 9.19. The Kier molecular flexibility index (Phi) is 5.37. The smallest absolute Gasteiger partial charge is 0.0681 e. The molecule has 1 saturated heterocycles. The van der Waals surface area contributed by atoms with Crippen molar-refractivity contribution in [1.29, 1.82) is 0 Å². The normalized spacial score (nSPS) is 18.1. The molecule has 2 N–H and O–H groups in total. The summed E-state index contributed by atoms with van der Waals surface area (Å²) < 4.78 is 0. The van der Waals surface area contributed by atoms with Crippen LogP contribution < -0.4 is 5.32 Å². The van der Waals surface area contributed by atoms with Gasteiger partial charge >= 0.3 is 0 Å². The summed E-state index contributed by atoms with van der Waals surface area (Å²) >= 11 is 0. The summed E-state index contributed by atoms with van der Waals surface area (Å²) in [5.41, 5.74) is 2.26. The zero-order valence-electron chi connectivity index (χ0n) is 12.1. The minimum Gasteiger partial charge on any atom is -0.392 e. The molecule has 0 amide bonds. The van der Waals surface area contributed by atoms with E-state index < -0.39 is 0 Å². The van der Waals surface area contributed by atoms with Crippen molar-refractivity contribution in [3.8, 4) is 0 Å². The number of nitrogens with zero attached hydrogens (tertiary/aromatic N) is 1. The fourth-order valence-electron chi connectivity index (χ4n) is 2.72. The zero-order chi connectivity index (χ0) is 13.7. The third-order valence-corrected chi connectivity index (χ3v) is 4.03. The number of likely N-dealkylation sites (tertiary alicyclic amines) is 1. The van der Waals surface area contributed by atoms with Crippen molar-refractivity contribution >= 4 is 0 Å². The van der Waals surface area contributed by atoms with Crippen molar-refractivity contribution in [2.24, 2.45) is 0 Å². The Balaban J connectivity index is 1.77. The van der Waals surface area contributed by atoms with Gasteiger partial charge in [-0.25, -0.2) is 0 Å². The van der Waals surface area contributed by atoms with Gasteiger partial charge in [0.15, 0.2) is 0 Å². The number of aliphatic hydroxyl groups excluding tert-OH is 1. The number of aliphatic hydroxyl groups is 1. The molecule has 0 bridgehead atoms. The molecule has 3 heteroatoms. The number of nitrogens with one attached hydrogen (secondary N) is 1. The number of benzene rings is 1. The highest BCUT2D eigenvalue weighted by molar-refractivity contribution is 5.22. The topological polar surface area (TPSA) is 35.5 Å². The van der Waals surface area contributed by atoms with Crippen LogP contribution in [-0.2, 0) is 13.2 Å². The molecule has 3 nitrogen and oxygen atoms in total. The van der Waals surface area contributed by atoms with Gasteiger partial charge in [-0.2, -0.15) is 0 Å². The summed E-state index contributed by atoms with van der Waals surface area (Å²) in [6.07, 6.45) is 2.47. The van der Waals surface area contributed by atoms with Crippen molar-refractivity contribution in [2.45, 2.75) is 51.9 Å². The molecule has 1 aromatic rings. The molecule has 1 heterocycles. The Bertz CT molecular complexity index is 384. The molecule has 0 aromatic heterocycles. The third-order valence-electron chi connectivity index (χ3n) is 4.03. The third kappa shape index (κ3) is 4.30. The lowest BCUT2D eigenvalue weighted by Crippen LogP contribution is -2.44. The summed E-state index contributed by atoms with van der Waals surface area (Å²) in [5.74, 6) is 0. The summed E-state index contributed by atoms with van der Waals surface area (Å²) in [7, 11) is 0. The lowest BCUT2D eigenvalue weighted by Gasteiger charge is -2.35. The van der Waals surface area contributed by atoms with Gasteiger partial charge in [-0.3, -0.25) is 0 Å². The molecule has 1 aliphatic rings. The van der Waals surface area contributed by atoms with Crippen LogP contribution in [0.4, 0.5) is 0 Å². The lowest BCUT2D eigenvalue weighted by molar-refractivity contribution is 0.161. The van der Waals surface area contributed by atoms with Gasteiger partial charge in [0.2, 0.25) is 0 Å². The Labute approximate surface area is 116 Å². The molecule has 0 radical (unpaired) electrons. The Morgan fingerprint density at radius 2 is 1.95 bits per heavy atom. The molecular formula is C16H26N2O. The largest absolute Gasteiger partial charge is 0.392 e. The van der Waals surface area contributed by atoms with Crippen LogP contribution in [0.2, 0.25) is 0 Å². The van der Waals surface area contributed by atoms with Gasteiger partial charge < -0.3 is 15.3 Å². The zero-order valence-corrected chi connectivity index (χ0v) is 12.1. The molecule has 0 saturated carbocycles. The van der Waals surface area contributed by atoms with Gasteiger partial charge in [-0.15, -0.1) is 0 Å². The van der Waals surface area contributed by atoms with Crippen molar-refractivity contribution in [1.82, 2.24) is 10.2 Å². The average Bonchev–Trinajstić information content (AvgIpc) is 2.46. The van der Waals surface area contributed by atoms with Crippen molar-refractivity contribution < 1.29 is 5.11 Å². The maximum Gasteiger partial charge on any atom is 0.0681 e. The second-order valence-electron chi connectivity index (χ2n) is 5.76. The Morgan fingerprint density at radius 3 is 2.58 bits per heavy atom. The van der Waals surface area contributed by atoms with Crippen LogP contribution in [0.1, 0.15) is 37.8 Å². The molecule has 19 heavy (non-hydrogen) atoms. The maximum atomic E-state index is 9.13. The van der Waals surface area contributed by atoms with Crippen LogP contribution >= 0.6 is 0 Å². The van der Waals surface area contributed by atoms with Crippen LogP contribution in [0.5, 0.6) is 0 Å². The summed E-state index contributed by atoms with van der Waals surface area (Å²) in [4.78, 5) is 2.55. The molecule has 0 atom stereocenters. The maximum absolute atomic E-state index is 9.13. The Hall–Kier alpha value is -0.900. The first-order valence-corrected chi connectivity index (χ1v) is 7.35. The fourth-order valence-corrected chi connectivity index (χ4v) is 2.72. The van der Waals surface area contributed by atoms with E-state index in [1.54, 1.807) is 0 Å². The molecule has 2 rings (SSSR count). The van der Waals surface area contributed by atoms with Gasteiger partial charge in [-0.1, -0.05) is 24.3 Å². The van der Waals surface area contributed by atoms with Crippen LogP contribution in [0.15, 0.2) is 24.3 Å². The van der Waals surface area contributed by atoms with Crippen LogP contribution in [0, 0.1) is 0 Å². The molecule has 106 valence electrons. The van der Waals surface area contributed by atoms with Gasteiger partial charge in [0.1, 0.15) is 0 Å². The molecule has 0 unspecified atom stereocenters. The van der Waals surface area contributed by atoms with E-state index in [-0.39, 0.29) is 6.61 Å². The molecule has 1 aliphatic heterocycles. The van der Waals surface area contributed by atoms with Crippen molar-refractivity contribution in [3.63, 3.8) is 0 Å². The number of piperidine rings is 1. The molecule has 1 fully saturated rings. The van der Waals surface area contributed by atoms with E-state index in [1.165, 1.54) is 31.5 Å².